The van der Waals surface area contributed by atoms with E-state index in [0.29, 0.717) is 0 Å². The minimum absolute atomic E-state index is 0.0278. The van der Waals surface area contributed by atoms with E-state index in [1.165, 1.54) is 12.1 Å². The Bertz CT molecular complexity index is 319. The van der Waals surface area contributed by atoms with E-state index >= 15 is 0 Å². The third-order valence-corrected chi connectivity index (χ3v) is 2.10. The monoisotopic (exact) mass is 223 g/mol. The number of aliphatic hydroxyl groups is 1. The molecular weight excluding hydrogens is 216 g/mol. The van der Waals surface area contributed by atoms with Gasteiger partial charge in [-0.1, -0.05) is 23.2 Å². The predicted molar refractivity (Wildman–Crippen MR) is 50.4 cm³/mol. The van der Waals surface area contributed by atoms with Crippen molar-refractivity contribution in [3.8, 4) is 0 Å². The van der Waals surface area contributed by atoms with Gasteiger partial charge in [-0.05, 0) is 12.1 Å². The van der Waals surface area contributed by atoms with Gasteiger partial charge in [-0.25, -0.2) is 4.39 Å². The first-order valence-corrected chi connectivity index (χ1v) is 4.34. The molecule has 0 unspecified atom stereocenters. The Hall–Kier alpha value is -0.350. The van der Waals surface area contributed by atoms with E-state index in [0.717, 1.165) is 0 Å². The minimum Gasteiger partial charge on any atom is -0.387 e. The fraction of sp³-hybridized carbons (Fsp3) is 0.250. The summed E-state index contributed by atoms with van der Waals surface area (Å²) in [6.07, 6.45) is -1.07. The summed E-state index contributed by atoms with van der Waals surface area (Å²) in [4.78, 5) is 0. The molecule has 0 radical (unpaired) electrons. The van der Waals surface area contributed by atoms with Gasteiger partial charge in [0.15, 0.2) is 0 Å². The third kappa shape index (κ3) is 2.31. The number of hydrogen-bond acceptors (Lipinski definition) is 2. The zero-order valence-corrected chi connectivity index (χ0v) is 8.11. The van der Waals surface area contributed by atoms with Gasteiger partial charge in [0.05, 0.1) is 11.1 Å². The maximum Gasteiger partial charge on any atom is 0.147 e. The molecule has 0 heterocycles. The van der Waals surface area contributed by atoms with E-state index in [-0.39, 0.29) is 22.2 Å². The van der Waals surface area contributed by atoms with Crippen molar-refractivity contribution in [2.24, 2.45) is 5.73 Å². The van der Waals surface area contributed by atoms with E-state index in [9.17, 15) is 9.50 Å². The van der Waals surface area contributed by atoms with Gasteiger partial charge in [-0.15, -0.1) is 0 Å². The molecule has 13 heavy (non-hydrogen) atoms. The predicted octanol–water partition coefficient (Wildman–Crippen LogP) is 2.12. The first kappa shape index (κ1) is 10.7. The summed E-state index contributed by atoms with van der Waals surface area (Å²) in [5.74, 6) is -0.677. The summed E-state index contributed by atoms with van der Waals surface area (Å²) in [6.45, 7) is -0.0758. The van der Waals surface area contributed by atoms with Crippen LogP contribution in [0, 0.1) is 5.82 Å². The zero-order chi connectivity index (χ0) is 10.0. The van der Waals surface area contributed by atoms with Gasteiger partial charge in [0.2, 0.25) is 0 Å². The normalized spacial score (nSPS) is 13.0. The van der Waals surface area contributed by atoms with E-state index < -0.39 is 11.9 Å². The Balaban J connectivity index is 3.20. The van der Waals surface area contributed by atoms with Gasteiger partial charge in [-0.2, -0.15) is 0 Å². The Morgan fingerprint density at radius 1 is 1.46 bits per heavy atom. The van der Waals surface area contributed by atoms with E-state index in [1.54, 1.807) is 0 Å². The van der Waals surface area contributed by atoms with Crippen molar-refractivity contribution in [2.75, 3.05) is 6.54 Å². The first-order valence-electron chi connectivity index (χ1n) is 3.59. The topological polar surface area (TPSA) is 46.2 Å². The van der Waals surface area contributed by atoms with E-state index in [2.05, 4.69) is 0 Å². The number of benzene rings is 1. The molecule has 2 nitrogen and oxygen atoms in total. The first-order chi connectivity index (χ1) is 6.06. The molecule has 0 saturated carbocycles. The van der Waals surface area contributed by atoms with E-state index in [4.69, 9.17) is 28.9 Å². The molecule has 3 N–H and O–H groups in total. The number of aliphatic hydroxyl groups excluding tert-OH is 1. The number of hydrogen-bond donors (Lipinski definition) is 2. The van der Waals surface area contributed by atoms with Gasteiger partial charge in [0.1, 0.15) is 5.82 Å². The van der Waals surface area contributed by atoms with Crippen molar-refractivity contribution in [1.29, 1.82) is 0 Å². The molecular formula is C8H8Cl2FNO. The fourth-order valence-electron chi connectivity index (χ4n) is 0.945. The Morgan fingerprint density at radius 2 is 2.08 bits per heavy atom. The average molecular weight is 224 g/mol. The van der Waals surface area contributed by atoms with Crippen LogP contribution in [-0.4, -0.2) is 11.7 Å². The highest BCUT2D eigenvalue weighted by Crippen LogP contribution is 2.27. The summed E-state index contributed by atoms with van der Waals surface area (Å²) < 4.78 is 13.2. The SMILES string of the molecule is NC[C@@H](O)c1cc(Cl)cc(Cl)c1F. The molecule has 0 bridgehead atoms. The van der Waals surface area contributed by atoms with Crippen LogP contribution in [0.5, 0.6) is 0 Å². The molecule has 1 aromatic carbocycles. The summed E-state index contributed by atoms with van der Waals surface area (Å²) in [5.41, 5.74) is 5.20. The molecule has 0 aliphatic carbocycles. The quantitative estimate of drug-likeness (QED) is 0.755. The van der Waals surface area contributed by atoms with Crippen molar-refractivity contribution in [3.05, 3.63) is 33.6 Å². The molecule has 1 atom stereocenters. The van der Waals surface area contributed by atoms with Gasteiger partial charge < -0.3 is 10.8 Å². The lowest BCUT2D eigenvalue weighted by Crippen LogP contribution is -2.13. The lowest BCUT2D eigenvalue weighted by atomic mass is 10.1. The molecule has 0 aliphatic rings. The Kier molecular flexibility index (Phi) is 3.50. The molecule has 0 saturated heterocycles. The second-order valence-corrected chi connectivity index (χ2v) is 3.39. The van der Waals surface area contributed by atoms with Crippen molar-refractivity contribution < 1.29 is 9.50 Å². The summed E-state index contributed by atoms with van der Waals surface area (Å²) in [5, 5.41) is 9.43. The zero-order valence-electron chi connectivity index (χ0n) is 6.60. The molecule has 72 valence electrons. The van der Waals surface area contributed by atoms with Crippen LogP contribution in [-0.2, 0) is 0 Å². The second-order valence-electron chi connectivity index (χ2n) is 2.54. The Labute approximate surface area is 85.1 Å². The van der Waals surface area contributed by atoms with Gasteiger partial charge in [0, 0.05) is 17.1 Å². The molecule has 0 fully saturated rings. The highest BCUT2D eigenvalue weighted by atomic mass is 35.5. The van der Waals surface area contributed by atoms with Gasteiger partial charge in [0.25, 0.3) is 0 Å². The molecule has 0 amide bonds. The minimum atomic E-state index is -1.07. The average Bonchev–Trinajstić information content (AvgIpc) is 2.10. The lowest BCUT2D eigenvalue weighted by Gasteiger charge is -2.10. The molecule has 0 aromatic heterocycles. The Morgan fingerprint density at radius 3 is 2.62 bits per heavy atom. The van der Waals surface area contributed by atoms with Crippen LogP contribution < -0.4 is 5.73 Å². The summed E-state index contributed by atoms with van der Waals surface area (Å²) in [6, 6.07) is 2.57. The molecule has 5 heteroatoms. The maximum atomic E-state index is 13.2. The van der Waals surface area contributed by atoms with Crippen molar-refractivity contribution >= 4 is 23.2 Å². The molecule has 0 spiro atoms. The van der Waals surface area contributed by atoms with E-state index in [1.807, 2.05) is 0 Å². The maximum absolute atomic E-state index is 13.2. The van der Waals surface area contributed by atoms with Crippen LogP contribution in [0.4, 0.5) is 4.39 Å². The largest absolute Gasteiger partial charge is 0.387 e. The van der Waals surface area contributed by atoms with Crippen molar-refractivity contribution in [3.63, 3.8) is 0 Å². The van der Waals surface area contributed by atoms with Crippen LogP contribution in [0.3, 0.4) is 0 Å². The number of nitrogens with two attached hydrogens (primary N) is 1. The van der Waals surface area contributed by atoms with Crippen LogP contribution in [0.1, 0.15) is 11.7 Å². The molecule has 1 rings (SSSR count). The summed E-state index contributed by atoms with van der Waals surface area (Å²) in [7, 11) is 0. The van der Waals surface area contributed by atoms with Crippen LogP contribution >= 0.6 is 23.2 Å². The lowest BCUT2D eigenvalue weighted by molar-refractivity contribution is 0.182. The molecule has 0 aliphatic heterocycles. The number of rotatable bonds is 2. The van der Waals surface area contributed by atoms with Crippen molar-refractivity contribution in [1.82, 2.24) is 0 Å². The second kappa shape index (κ2) is 4.24. The highest BCUT2D eigenvalue weighted by Gasteiger charge is 2.14. The molecule has 1 aromatic rings. The van der Waals surface area contributed by atoms with Crippen molar-refractivity contribution in [2.45, 2.75) is 6.10 Å². The fourth-order valence-corrected chi connectivity index (χ4v) is 1.45. The number of halogens is 3. The van der Waals surface area contributed by atoms with Crippen LogP contribution in [0.15, 0.2) is 12.1 Å². The van der Waals surface area contributed by atoms with Crippen LogP contribution in [0.2, 0.25) is 10.0 Å². The van der Waals surface area contributed by atoms with Gasteiger partial charge >= 0.3 is 0 Å². The third-order valence-electron chi connectivity index (χ3n) is 1.60. The smallest absolute Gasteiger partial charge is 0.147 e. The standard InChI is InChI=1S/C8H8Cl2FNO/c9-4-1-5(7(13)3-12)8(11)6(10)2-4/h1-2,7,13H,3,12H2/t7-/m1/s1. The van der Waals surface area contributed by atoms with Gasteiger partial charge in [-0.3, -0.25) is 0 Å². The highest BCUT2D eigenvalue weighted by molar-refractivity contribution is 6.34. The van der Waals surface area contributed by atoms with Crippen LogP contribution in [0.25, 0.3) is 0 Å². The summed E-state index contributed by atoms with van der Waals surface area (Å²) >= 11 is 11.1.